The van der Waals surface area contributed by atoms with Crippen LogP contribution in [-0.4, -0.2) is 95.1 Å². The van der Waals surface area contributed by atoms with Gasteiger partial charge in [0.05, 0.1) is 26.2 Å². The molecule has 1 aliphatic carbocycles. The molecule has 0 aromatic heterocycles. The zero-order valence-electron chi connectivity index (χ0n) is 23.3. The third-order valence-electron chi connectivity index (χ3n) is 7.84. The lowest BCUT2D eigenvalue weighted by molar-refractivity contribution is -0.308. The predicted molar refractivity (Wildman–Crippen MR) is 144 cm³/mol. The van der Waals surface area contributed by atoms with Crippen LogP contribution in [0.5, 0.6) is 5.75 Å². The van der Waals surface area contributed by atoms with Gasteiger partial charge in [0.1, 0.15) is 42.4 Å². The number of hydrogen-bond donors (Lipinski definition) is 4. The number of carbonyl (C=O) groups is 2. The van der Waals surface area contributed by atoms with E-state index in [2.05, 4.69) is 6.58 Å². The number of hydrogen-bond acceptors (Lipinski definition) is 11. The minimum atomic E-state index is -1.59. The van der Waals surface area contributed by atoms with E-state index in [1.165, 1.54) is 0 Å². The fourth-order valence-corrected chi connectivity index (χ4v) is 5.21. The van der Waals surface area contributed by atoms with E-state index in [4.69, 9.17) is 23.7 Å². The number of rotatable bonds is 7. The molecule has 9 atom stereocenters. The molecule has 2 fully saturated rings. The Morgan fingerprint density at radius 1 is 1.05 bits per heavy atom. The Kier molecular flexibility index (Phi) is 10.0. The molecule has 1 aromatic rings. The van der Waals surface area contributed by atoms with Crippen molar-refractivity contribution in [1.29, 1.82) is 0 Å². The summed E-state index contributed by atoms with van der Waals surface area (Å²) in [6.45, 7) is 6.91. The van der Waals surface area contributed by atoms with Crippen molar-refractivity contribution >= 4 is 11.9 Å². The van der Waals surface area contributed by atoms with Crippen LogP contribution in [0.15, 0.2) is 59.7 Å². The van der Waals surface area contributed by atoms with Crippen molar-refractivity contribution in [3.8, 4) is 5.75 Å². The number of ether oxygens (including phenoxy) is 5. The van der Waals surface area contributed by atoms with Crippen LogP contribution in [0.1, 0.15) is 32.3 Å². The van der Waals surface area contributed by atoms with E-state index in [1.807, 2.05) is 13.0 Å². The van der Waals surface area contributed by atoms with Gasteiger partial charge in [0.25, 0.3) is 0 Å². The molecule has 2 saturated heterocycles. The van der Waals surface area contributed by atoms with Gasteiger partial charge in [-0.3, -0.25) is 4.79 Å². The van der Waals surface area contributed by atoms with Crippen molar-refractivity contribution < 1.29 is 53.7 Å². The number of methoxy groups -OCH3 is 1. The summed E-state index contributed by atoms with van der Waals surface area (Å²) < 4.78 is 28.3. The molecule has 41 heavy (non-hydrogen) atoms. The molecule has 11 nitrogen and oxygen atoms in total. The number of aliphatic hydroxyl groups excluding tert-OH is 4. The Morgan fingerprint density at radius 2 is 1.76 bits per heavy atom. The monoisotopic (exact) mass is 574 g/mol. The van der Waals surface area contributed by atoms with Crippen LogP contribution in [0.2, 0.25) is 0 Å². The highest BCUT2D eigenvalue weighted by molar-refractivity contribution is 5.91. The van der Waals surface area contributed by atoms with Crippen LogP contribution in [0.4, 0.5) is 0 Å². The van der Waals surface area contributed by atoms with E-state index in [9.17, 15) is 30.0 Å². The molecule has 0 radical (unpaired) electrons. The number of fused-ring (bicyclic) bond motifs is 1. The lowest BCUT2D eigenvalue weighted by atomic mass is 9.86. The Bertz CT molecular complexity index is 1170. The van der Waals surface area contributed by atoms with E-state index in [0.29, 0.717) is 11.3 Å². The van der Waals surface area contributed by atoms with Crippen molar-refractivity contribution in [3.63, 3.8) is 0 Å². The maximum absolute atomic E-state index is 13.0. The Labute approximate surface area is 238 Å². The summed E-state index contributed by atoms with van der Waals surface area (Å²) in [6.07, 6.45) is -5.08. The van der Waals surface area contributed by atoms with Crippen LogP contribution in [-0.2, 0) is 35.0 Å². The van der Waals surface area contributed by atoms with Gasteiger partial charge in [-0.05, 0) is 61.6 Å². The summed E-state index contributed by atoms with van der Waals surface area (Å²) in [7, 11) is 1.56. The van der Waals surface area contributed by atoms with E-state index in [1.54, 1.807) is 44.4 Å². The number of esters is 2. The molecule has 224 valence electrons. The standard InChI is InChI=1S/C30H38O11/c1-15-5-10-21(40-30-28(35)27(34)26(33)24(14-31)41-30)16(2)11-23-20(17(3)29(36)39-23)13-22(15)38-25(32)12-18-6-8-19(37-4)9-7-18/h5-9,11,20-24,26-28,30-31,33-35H,3,10,12-14H2,1-2,4H3/t20-,21+,22-,23+,24+,26+,27-,28+,30+/m0/s1. The first-order chi connectivity index (χ1) is 19.5. The van der Waals surface area contributed by atoms with Crippen LogP contribution in [0, 0.1) is 5.92 Å². The molecule has 0 spiro atoms. The van der Waals surface area contributed by atoms with Crippen molar-refractivity contribution in [3.05, 3.63) is 65.3 Å². The van der Waals surface area contributed by atoms with Crippen molar-refractivity contribution in [2.45, 2.75) is 82.1 Å². The largest absolute Gasteiger partial charge is 0.497 e. The molecular weight excluding hydrogens is 536 g/mol. The number of benzene rings is 1. The van der Waals surface area contributed by atoms with E-state index >= 15 is 0 Å². The first-order valence-electron chi connectivity index (χ1n) is 13.6. The molecule has 0 bridgehead atoms. The van der Waals surface area contributed by atoms with E-state index in [-0.39, 0.29) is 24.8 Å². The average Bonchev–Trinajstić information content (AvgIpc) is 3.21. The predicted octanol–water partition coefficient (Wildman–Crippen LogP) is 1.12. The Hall–Kier alpha value is -3.06. The zero-order valence-corrected chi connectivity index (χ0v) is 23.3. The molecule has 11 heteroatoms. The summed E-state index contributed by atoms with van der Waals surface area (Å²) in [4.78, 5) is 25.4. The molecule has 0 amide bonds. The molecule has 3 aliphatic rings. The third-order valence-corrected chi connectivity index (χ3v) is 7.84. The quantitative estimate of drug-likeness (QED) is 0.210. The van der Waals surface area contributed by atoms with Crippen LogP contribution in [0.3, 0.4) is 0 Å². The summed E-state index contributed by atoms with van der Waals surface area (Å²) in [6, 6.07) is 7.09. The second kappa shape index (κ2) is 13.3. The lowest BCUT2D eigenvalue weighted by Gasteiger charge is -2.41. The highest BCUT2D eigenvalue weighted by Gasteiger charge is 2.45. The SMILES string of the molecule is C=C1C(=O)O[C@@H]2C=C(C)[C@H](O[C@@H]3O[C@H](CO)[C@@H](O)[C@H](O)[C@H]3O)CC=C(C)[C@@H](OC(=O)Cc3ccc(OC)cc3)C[C@@H]12. The van der Waals surface area contributed by atoms with E-state index < -0.39 is 73.5 Å². The Balaban J connectivity index is 1.56. The fourth-order valence-electron chi connectivity index (χ4n) is 5.21. The molecule has 1 aromatic carbocycles. The zero-order chi connectivity index (χ0) is 29.8. The van der Waals surface area contributed by atoms with Crippen molar-refractivity contribution in [2.24, 2.45) is 5.92 Å². The van der Waals surface area contributed by atoms with Crippen LogP contribution >= 0.6 is 0 Å². The van der Waals surface area contributed by atoms with Gasteiger partial charge in [0.15, 0.2) is 6.29 Å². The maximum Gasteiger partial charge on any atom is 0.334 e. The topological polar surface area (TPSA) is 161 Å². The summed E-state index contributed by atoms with van der Waals surface area (Å²) in [5, 5.41) is 40.4. The first kappa shape index (κ1) is 30.9. The molecule has 4 N–H and O–H groups in total. The fraction of sp³-hybridized carbons (Fsp3) is 0.533. The van der Waals surface area contributed by atoms with Gasteiger partial charge in [-0.25, -0.2) is 4.79 Å². The summed E-state index contributed by atoms with van der Waals surface area (Å²) in [5.74, 6) is -0.782. The van der Waals surface area contributed by atoms with Gasteiger partial charge in [0.2, 0.25) is 0 Å². The van der Waals surface area contributed by atoms with Gasteiger partial charge in [0, 0.05) is 11.5 Å². The van der Waals surface area contributed by atoms with Gasteiger partial charge in [-0.1, -0.05) is 24.8 Å². The molecule has 4 rings (SSSR count). The molecule has 2 heterocycles. The van der Waals surface area contributed by atoms with Gasteiger partial charge in [-0.2, -0.15) is 0 Å². The minimum Gasteiger partial charge on any atom is -0.497 e. The Morgan fingerprint density at radius 3 is 2.41 bits per heavy atom. The smallest absolute Gasteiger partial charge is 0.334 e. The van der Waals surface area contributed by atoms with Crippen LogP contribution in [0.25, 0.3) is 0 Å². The maximum atomic E-state index is 13.0. The molecule has 0 unspecified atom stereocenters. The van der Waals surface area contributed by atoms with Crippen molar-refractivity contribution in [1.82, 2.24) is 0 Å². The van der Waals surface area contributed by atoms with Gasteiger partial charge in [-0.15, -0.1) is 0 Å². The second-order valence-electron chi connectivity index (χ2n) is 10.7. The minimum absolute atomic E-state index is 0.0418. The normalized spacial score (nSPS) is 34.2. The molecule has 2 aliphatic heterocycles. The van der Waals surface area contributed by atoms with Crippen molar-refractivity contribution in [2.75, 3.05) is 13.7 Å². The van der Waals surface area contributed by atoms with Gasteiger partial charge < -0.3 is 44.1 Å². The van der Waals surface area contributed by atoms with Crippen LogP contribution < -0.4 is 4.74 Å². The summed E-state index contributed by atoms with van der Waals surface area (Å²) >= 11 is 0. The van der Waals surface area contributed by atoms with E-state index in [0.717, 1.165) is 11.1 Å². The summed E-state index contributed by atoms with van der Waals surface area (Å²) in [5.41, 5.74) is 2.41. The van der Waals surface area contributed by atoms with Gasteiger partial charge >= 0.3 is 11.9 Å². The second-order valence-corrected chi connectivity index (χ2v) is 10.7. The third kappa shape index (κ3) is 7.06. The number of aliphatic hydroxyl groups is 4. The highest BCUT2D eigenvalue weighted by Crippen LogP contribution is 2.36. The average molecular weight is 575 g/mol. The number of carbonyl (C=O) groups excluding carboxylic acids is 2. The highest BCUT2D eigenvalue weighted by atomic mass is 16.7. The first-order valence-corrected chi connectivity index (χ1v) is 13.6. The lowest BCUT2D eigenvalue weighted by Crippen LogP contribution is -2.59. The molecule has 0 saturated carbocycles. The molecular formula is C30H38O11.